The Labute approximate surface area is 229 Å². The standard InChI is InChI=1S/C19H18F4N6O2S2.C5H10O/c20-9-6-24-5-4-10(9)26-11-3-1-2-8-13(11)32-15(14(8)33-19(21,22)23)16-28-17(31-29-16)12-7-25-18(30)27-12;1-4(2)5(3)6/h1-3,9-10,12,24,26H,4-7H2,(H2,25,27,30);4H,1-3H3. The highest BCUT2D eigenvalue weighted by molar-refractivity contribution is 8.00. The molecule has 3 aromatic rings. The van der Waals surface area contributed by atoms with Gasteiger partial charge in [0.2, 0.25) is 5.82 Å². The summed E-state index contributed by atoms with van der Waals surface area (Å²) in [4.78, 5) is 25.9. The van der Waals surface area contributed by atoms with Crippen molar-refractivity contribution in [1.82, 2.24) is 26.1 Å². The molecule has 2 aliphatic heterocycles. The molecule has 2 fully saturated rings. The van der Waals surface area contributed by atoms with Gasteiger partial charge in [-0.05, 0) is 37.7 Å². The topological polar surface area (TPSA) is 121 Å². The van der Waals surface area contributed by atoms with E-state index in [-0.39, 0.29) is 58.0 Å². The van der Waals surface area contributed by atoms with E-state index in [2.05, 4.69) is 31.4 Å². The summed E-state index contributed by atoms with van der Waals surface area (Å²) >= 11 is 0.832. The van der Waals surface area contributed by atoms with E-state index in [9.17, 15) is 27.2 Å². The molecule has 0 aliphatic carbocycles. The molecule has 2 aliphatic rings. The van der Waals surface area contributed by atoms with E-state index in [4.69, 9.17) is 4.52 Å². The number of amides is 2. The fourth-order valence-corrected chi connectivity index (χ4v) is 5.94. The molecule has 0 radical (unpaired) electrons. The number of piperidine rings is 1. The average Bonchev–Trinajstić information content (AvgIpc) is 3.59. The largest absolute Gasteiger partial charge is 0.446 e. The lowest BCUT2D eigenvalue weighted by Gasteiger charge is -2.28. The van der Waals surface area contributed by atoms with Crippen LogP contribution in [-0.4, -0.2) is 59.3 Å². The lowest BCUT2D eigenvalue weighted by molar-refractivity contribution is -0.119. The molecular formula is C24H28F4N6O3S2. The summed E-state index contributed by atoms with van der Waals surface area (Å²) in [5, 5.41) is 15.5. The van der Waals surface area contributed by atoms with Crippen molar-refractivity contribution in [3.8, 4) is 10.7 Å². The Bertz CT molecular complexity index is 1330. The van der Waals surface area contributed by atoms with Crippen molar-refractivity contribution >= 4 is 50.7 Å². The number of rotatable bonds is 6. The van der Waals surface area contributed by atoms with E-state index in [1.54, 1.807) is 25.1 Å². The molecule has 1 aromatic carbocycles. The Morgan fingerprint density at radius 1 is 1.28 bits per heavy atom. The number of halogens is 4. The molecule has 4 N–H and O–H groups in total. The smallest absolute Gasteiger partial charge is 0.378 e. The molecule has 2 aromatic heterocycles. The Morgan fingerprint density at radius 2 is 2.03 bits per heavy atom. The average molecular weight is 589 g/mol. The number of carbonyl (C=O) groups is 2. The summed E-state index contributed by atoms with van der Waals surface area (Å²) < 4.78 is 60.4. The van der Waals surface area contributed by atoms with Crippen molar-refractivity contribution in [2.24, 2.45) is 5.92 Å². The number of urea groups is 1. The number of carbonyl (C=O) groups excluding carboxylic acids is 2. The minimum absolute atomic E-state index is 0.00437. The number of aromatic nitrogens is 2. The number of fused-ring (bicyclic) bond motifs is 1. The van der Waals surface area contributed by atoms with Gasteiger partial charge in [-0.2, -0.15) is 18.2 Å². The van der Waals surface area contributed by atoms with Crippen LogP contribution in [0.15, 0.2) is 27.6 Å². The van der Waals surface area contributed by atoms with Gasteiger partial charge in [-0.25, -0.2) is 9.18 Å². The van der Waals surface area contributed by atoms with Crippen LogP contribution >= 0.6 is 23.1 Å². The second-order valence-corrected chi connectivity index (χ2v) is 11.5. The lowest BCUT2D eigenvalue weighted by Crippen LogP contribution is -2.45. The third-order valence-corrected chi connectivity index (χ3v) is 8.39. The lowest BCUT2D eigenvalue weighted by atomic mass is 10.0. The van der Waals surface area contributed by atoms with Crippen molar-refractivity contribution in [3.63, 3.8) is 0 Å². The van der Waals surface area contributed by atoms with Crippen LogP contribution in [0.5, 0.6) is 0 Å². The first-order valence-corrected chi connectivity index (χ1v) is 13.9. The van der Waals surface area contributed by atoms with Gasteiger partial charge >= 0.3 is 11.5 Å². The SMILES string of the molecule is CC(=O)C(C)C.O=C1NCC(c2nc(-c3sc4c(NC5CCNCC5F)cccc4c3SC(F)(F)F)no2)N1. The number of thioether (sulfide) groups is 1. The number of hydrogen-bond acceptors (Lipinski definition) is 9. The first kappa shape index (κ1) is 29.1. The van der Waals surface area contributed by atoms with Gasteiger partial charge < -0.3 is 25.8 Å². The number of nitrogens with one attached hydrogen (secondary N) is 4. The van der Waals surface area contributed by atoms with Crippen LogP contribution in [0.2, 0.25) is 0 Å². The van der Waals surface area contributed by atoms with Gasteiger partial charge in [0, 0.05) is 29.3 Å². The number of Topliss-reactive ketones (excluding diaryl/α,β-unsaturated/α-hetero) is 1. The van der Waals surface area contributed by atoms with E-state index in [1.807, 2.05) is 13.8 Å². The van der Waals surface area contributed by atoms with Gasteiger partial charge in [-0.1, -0.05) is 31.1 Å². The van der Waals surface area contributed by atoms with Crippen molar-refractivity contribution in [2.45, 2.75) is 55.9 Å². The first-order chi connectivity index (χ1) is 18.4. The zero-order valence-corrected chi connectivity index (χ0v) is 23.0. The number of alkyl halides is 4. The molecule has 2 amide bonds. The van der Waals surface area contributed by atoms with Crippen LogP contribution in [0.4, 0.5) is 28.0 Å². The highest BCUT2D eigenvalue weighted by Gasteiger charge is 2.35. The maximum absolute atomic E-state index is 14.3. The Kier molecular flexibility index (Phi) is 9.01. The van der Waals surface area contributed by atoms with Gasteiger partial charge in [0.1, 0.15) is 18.0 Å². The molecule has 2 saturated heterocycles. The maximum atomic E-state index is 14.3. The van der Waals surface area contributed by atoms with Gasteiger partial charge in [0.05, 0.1) is 21.3 Å². The molecule has 15 heteroatoms. The number of thiophene rings is 1. The summed E-state index contributed by atoms with van der Waals surface area (Å²) in [6, 6.07) is 3.54. The van der Waals surface area contributed by atoms with Crippen LogP contribution in [-0.2, 0) is 4.79 Å². The maximum Gasteiger partial charge on any atom is 0.446 e. The molecule has 212 valence electrons. The van der Waals surface area contributed by atoms with Crippen LogP contribution in [0.25, 0.3) is 20.8 Å². The fourth-order valence-electron chi connectivity index (χ4n) is 3.83. The van der Waals surface area contributed by atoms with Crippen LogP contribution in [0.1, 0.15) is 39.1 Å². The van der Waals surface area contributed by atoms with E-state index >= 15 is 0 Å². The molecule has 0 spiro atoms. The molecule has 9 nitrogen and oxygen atoms in total. The minimum atomic E-state index is -4.54. The predicted molar refractivity (Wildman–Crippen MR) is 142 cm³/mol. The zero-order valence-electron chi connectivity index (χ0n) is 21.3. The number of benzene rings is 1. The third kappa shape index (κ3) is 7.19. The molecule has 4 heterocycles. The molecule has 3 atom stereocenters. The highest BCUT2D eigenvalue weighted by atomic mass is 32.2. The molecular weight excluding hydrogens is 560 g/mol. The minimum Gasteiger partial charge on any atom is -0.378 e. The van der Waals surface area contributed by atoms with Gasteiger partial charge in [-0.3, -0.25) is 4.79 Å². The third-order valence-electron chi connectivity index (χ3n) is 6.16. The quantitative estimate of drug-likeness (QED) is 0.227. The zero-order chi connectivity index (χ0) is 28.3. The van der Waals surface area contributed by atoms with Crippen LogP contribution < -0.4 is 21.3 Å². The second kappa shape index (κ2) is 12.1. The summed E-state index contributed by atoms with van der Waals surface area (Å²) in [6.45, 7) is 6.48. The molecule has 0 saturated carbocycles. The van der Waals surface area contributed by atoms with Gasteiger partial charge in [0.25, 0.3) is 5.89 Å². The van der Waals surface area contributed by atoms with E-state index < -0.39 is 29.8 Å². The number of nitrogens with zero attached hydrogens (tertiary/aromatic N) is 2. The fraction of sp³-hybridized carbons (Fsp3) is 0.500. The number of hydrogen-bond donors (Lipinski definition) is 4. The van der Waals surface area contributed by atoms with Crippen LogP contribution in [0.3, 0.4) is 0 Å². The van der Waals surface area contributed by atoms with Gasteiger partial charge in [0.15, 0.2) is 0 Å². The number of ketones is 1. The monoisotopic (exact) mass is 588 g/mol. The van der Waals surface area contributed by atoms with Crippen molar-refractivity contribution in [3.05, 3.63) is 24.1 Å². The van der Waals surface area contributed by atoms with Crippen molar-refractivity contribution in [1.29, 1.82) is 0 Å². The summed E-state index contributed by atoms with van der Waals surface area (Å²) in [7, 11) is 0. The number of anilines is 1. The second-order valence-electron chi connectivity index (χ2n) is 9.38. The molecule has 39 heavy (non-hydrogen) atoms. The van der Waals surface area contributed by atoms with Crippen LogP contribution in [0, 0.1) is 5.92 Å². The van der Waals surface area contributed by atoms with Crippen molar-refractivity contribution < 1.29 is 31.7 Å². The molecule has 0 bridgehead atoms. The van der Waals surface area contributed by atoms with Gasteiger partial charge in [-0.15, -0.1) is 11.3 Å². The Hall–Kier alpha value is -2.91. The first-order valence-electron chi connectivity index (χ1n) is 12.2. The molecule has 5 rings (SSSR count). The summed E-state index contributed by atoms with van der Waals surface area (Å²) in [5.74, 6) is 0.562. The van der Waals surface area contributed by atoms with E-state index in [0.29, 0.717) is 28.7 Å². The summed E-state index contributed by atoms with van der Waals surface area (Å²) in [5.41, 5.74) is -3.99. The Morgan fingerprint density at radius 3 is 2.64 bits per heavy atom. The Balaban J connectivity index is 0.000000531. The van der Waals surface area contributed by atoms with E-state index in [1.165, 1.54) is 0 Å². The summed E-state index contributed by atoms with van der Waals surface area (Å²) in [6.07, 6.45) is -0.567. The molecule has 3 unspecified atom stereocenters. The highest BCUT2D eigenvalue weighted by Crippen LogP contribution is 2.50. The normalized spacial score (nSPS) is 21.3. The van der Waals surface area contributed by atoms with Crippen molar-refractivity contribution in [2.75, 3.05) is 25.0 Å². The predicted octanol–water partition coefficient (Wildman–Crippen LogP) is 5.26. The van der Waals surface area contributed by atoms with E-state index in [0.717, 1.165) is 11.3 Å².